The van der Waals surface area contributed by atoms with Crippen molar-refractivity contribution < 1.29 is 42.8 Å². The normalized spacial score (nSPS) is 11.0. The summed E-state index contributed by atoms with van der Waals surface area (Å²) in [7, 11) is -2.18. The molecule has 0 aromatic carbocycles. The summed E-state index contributed by atoms with van der Waals surface area (Å²) < 4.78 is 41.3. The number of hydrogen-bond acceptors (Lipinski definition) is 9. The predicted molar refractivity (Wildman–Crippen MR) is 77.0 cm³/mol. The number of rotatable bonds is 18. The number of ether oxygens (including phenoxy) is 4. The summed E-state index contributed by atoms with van der Waals surface area (Å²) in [6, 6.07) is 0. The predicted octanol–water partition coefficient (Wildman–Crippen LogP) is -0.272. The van der Waals surface area contributed by atoms with E-state index in [1.54, 1.807) is 0 Å². The summed E-state index contributed by atoms with van der Waals surface area (Å²) >= 11 is 0. The highest BCUT2D eigenvalue weighted by molar-refractivity contribution is 7.33. The van der Waals surface area contributed by atoms with Crippen LogP contribution in [0.25, 0.3) is 0 Å². The Kier molecular flexibility index (Phi) is 18.6. The molecule has 0 aliphatic heterocycles. The Bertz CT molecular complexity index is 221. The van der Waals surface area contributed by atoms with E-state index in [0.29, 0.717) is 26.4 Å². The third-order valence-electron chi connectivity index (χ3n) is 2.06. The highest BCUT2D eigenvalue weighted by Crippen LogP contribution is 2.22. The van der Waals surface area contributed by atoms with E-state index in [4.69, 9.17) is 38.2 Å². The van der Waals surface area contributed by atoms with Gasteiger partial charge < -0.3 is 29.2 Å². The first-order chi connectivity index (χ1) is 10.8. The quantitative estimate of drug-likeness (QED) is 0.256. The highest BCUT2D eigenvalue weighted by Gasteiger charge is 2.19. The van der Waals surface area contributed by atoms with Crippen molar-refractivity contribution in [1.29, 1.82) is 0 Å². The molecule has 0 saturated heterocycles. The van der Waals surface area contributed by atoms with Crippen molar-refractivity contribution in [3.05, 3.63) is 0 Å². The van der Waals surface area contributed by atoms with Gasteiger partial charge in [0.2, 0.25) is 0 Å². The van der Waals surface area contributed by atoms with Crippen LogP contribution in [-0.2, 0) is 32.6 Å². The van der Waals surface area contributed by atoms with Crippen LogP contribution in [-0.4, -0.2) is 89.5 Å². The molecule has 0 amide bonds. The summed E-state index contributed by atoms with van der Waals surface area (Å²) in [5.74, 6) is 0. The molecule has 0 atom stereocenters. The maximum Gasteiger partial charge on any atom is 0.697 e. The second-order valence-electron chi connectivity index (χ2n) is 3.79. The van der Waals surface area contributed by atoms with Gasteiger partial charge in [0.05, 0.1) is 66.1 Å². The lowest BCUT2D eigenvalue weighted by Crippen LogP contribution is -2.10. The Morgan fingerprint density at radius 2 is 0.864 bits per heavy atom. The topological polar surface area (TPSA) is 113 Å². The van der Waals surface area contributed by atoms with Crippen LogP contribution >= 0.6 is 8.25 Å². The SMILES string of the molecule is O=[P+](OCCOCCOCCO)OCCOCCOCCO. The monoisotopic (exact) mass is 345 g/mol. The van der Waals surface area contributed by atoms with E-state index >= 15 is 0 Å². The van der Waals surface area contributed by atoms with Crippen molar-refractivity contribution in [2.75, 3.05) is 79.3 Å². The minimum absolute atomic E-state index is 0.0136. The van der Waals surface area contributed by atoms with Gasteiger partial charge in [-0.15, -0.1) is 9.05 Å². The van der Waals surface area contributed by atoms with E-state index in [1.807, 2.05) is 0 Å². The fraction of sp³-hybridized carbons (Fsp3) is 1.00. The van der Waals surface area contributed by atoms with E-state index in [2.05, 4.69) is 0 Å². The summed E-state index contributed by atoms with van der Waals surface area (Å²) in [5, 5.41) is 16.9. The zero-order valence-electron chi connectivity index (χ0n) is 12.7. The second kappa shape index (κ2) is 18.8. The average Bonchev–Trinajstić information content (AvgIpc) is 2.52. The maximum absolute atomic E-state index is 11.3. The van der Waals surface area contributed by atoms with Crippen molar-refractivity contribution in [3.63, 3.8) is 0 Å². The number of aliphatic hydroxyl groups excluding tert-OH is 2. The molecular weight excluding hydrogens is 319 g/mol. The molecule has 0 fully saturated rings. The van der Waals surface area contributed by atoms with Crippen LogP contribution in [0.3, 0.4) is 0 Å². The van der Waals surface area contributed by atoms with Gasteiger partial charge in [0, 0.05) is 4.57 Å². The standard InChI is InChI=1S/C12H26O9P/c13-1-3-16-5-7-18-9-11-20-22(15)21-12-10-19-8-6-17-4-2-14/h13-14H,1-12H2/q+1. The van der Waals surface area contributed by atoms with Crippen molar-refractivity contribution >= 4 is 8.25 Å². The van der Waals surface area contributed by atoms with E-state index < -0.39 is 8.25 Å². The molecule has 9 nitrogen and oxygen atoms in total. The van der Waals surface area contributed by atoms with Gasteiger partial charge in [0.15, 0.2) is 0 Å². The number of aliphatic hydroxyl groups is 2. The van der Waals surface area contributed by atoms with Gasteiger partial charge >= 0.3 is 8.25 Å². The van der Waals surface area contributed by atoms with E-state index in [-0.39, 0.29) is 52.9 Å². The third kappa shape index (κ3) is 17.8. The smallest absolute Gasteiger partial charge is 0.394 e. The highest BCUT2D eigenvalue weighted by atomic mass is 31.1. The fourth-order valence-electron chi connectivity index (χ4n) is 1.15. The zero-order chi connectivity index (χ0) is 16.3. The molecule has 0 rings (SSSR count). The van der Waals surface area contributed by atoms with Crippen molar-refractivity contribution in [3.8, 4) is 0 Å². The van der Waals surface area contributed by atoms with Crippen LogP contribution in [0.5, 0.6) is 0 Å². The van der Waals surface area contributed by atoms with Crippen molar-refractivity contribution in [2.45, 2.75) is 0 Å². The fourth-order valence-corrected chi connectivity index (χ4v) is 1.67. The summed E-state index contributed by atoms with van der Waals surface area (Å²) in [4.78, 5) is 0. The molecule has 0 saturated carbocycles. The lowest BCUT2D eigenvalue weighted by atomic mass is 10.7. The van der Waals surface area contributed by atoms with Crippen LogP contribution in [0.15, 0.2) is 0 Å². The molecule has 10 heteroatoms. The lowest BCUT2D eigenvalue weighted by molar-refractivity contribution is 0.0188. The zero-order valence-corrected chi connectivity index (χ0v) is 13.6. The third-order valence-corrected chi connectivity index (χ3v) is 2.85. The Morgan fingerprint density at radius 1 is 0.545 bits per heavy atom. The number of hydrogen-bond donors (Lipinski definition) is 2. The molecule has 0 radical (unpaired) electrons. The van der Waals surface area contributed by atoms with Crippen LogP contribution in [0, 0.1) is 0 Å². The van der Waals surface area contributed by atoms with E-state index in [0.717, 1.165) is 0 Å². The van der Waals surface area contributed by atoms with Gasteiger partial charge in [0.1, 0.15) is 13.2 Å². The molecule has 22 heavy (non-hydrogen) atoms. The largest absolute Gasteiger partial charge is 0.697 e. The first-order valence-electron chi connectivity index (χ1n) is 7.07. The van der Waals surface area contributed by atoms with Gasteiger partial charge in [-0.1, -0.05) is 0 Å². The van der Waals surface area contributed by atoms with Gasteiger partial charge in [-0.3, -0.25) is 0 Å². The molecule has 132 valence electrons. The van der Waals surface area contributed by atoms with Crippen LogP contribution in [0.4, 0.5) is 0 Å². The van der Waals surface area contributed by atoms with Crippen LogP contribution in [0.2, 0.25) is 0 Å². The van der Waals surface area contributed by atoms with Crippen LogP contribution in [0.1, 0.15) is 0 Å². The van der Waals surface area contributed by atoms with E-state index in [9.17, 15) is 4.57 Å². The summed E-state index contributed by atoms with van der Waals surface area (Å²) in [6.45, 7) is 2.98. The molecule has 0 spiro atoms. The van der Waals surface area contributed by atoms with Crippen molar-refractivity contribution in [1.82, 2.24) is 0 Å². The molecule has 0 aliphatic carbocycles. The first kappa shape index (κ1) is 21.8. The first-order valence-corrected chi connectivity index (χ1v) is 8.16. The van der Waals surface area contributed by atoms with Gasteiger partial charge in [-0.2, -0.15) is 0 Å². The Morgan fingerprint density at radius 3 is 1.23 bits per heavy atom. The Balaban J connectivity index is 3.13. The van der Waals surface area contributed by atoms with Gasteiger partial charge in [0.25, 0.3) is 0 Å². The minimum atomic E-state index is -2.18. The minimum Gasteiger partial charge on any atom is -0.394 e. The lowest BCUT2D eigenvalue weighted by Gasteiger charge is -2.03. The van der Waals surface area contributed by atoms with Crippen molar-refractivity contribution in [2.24, 2.45) is 0 Å². The molecule has 0 unspecified atom stereocenters. The molecule has 0 heterocycles. The second-order valence-corrected chi connectivity index (χ2v) is 4.75. The van der Waals surface area contributed by atoms with Gasteiger partial charge in [-0.25, -0.2) is 0 Å². The molecular formula is C12H26O9P+. The van der Waals surface area contributed by atoms with Gasteiger partial charge in [-0.05, 0) is 0 Å². The van der Waals surface area contributed by atoms with E-state index in [1.165, 1.54) is 0 Å². The summed E-state index contributed by atoms with van der Waals surface area (Å²) in [5.41, 5.74) is 0. The molecule has 0 aromatic rings. The Labute approximate surface area is 131 Å². The van der Waals surface area contributed by atoms with Crippen LogP contribution < -0.4 is 0 Å². The molecule has 0 bridgehead atoms. The summed E-state index contributed by atoms with van der Waals surface area (Å²) in [6.07, 6.45) is 0. The Hall–Kier alpha value is -0.220. The molecule has 0 aromatic heterocycles. The molecule has 2 N–H and O–H groups in total. The maximum atomic E-state index is 11.3. The average molecular weight is 345 g/mol. The molecule has 0 aliphatic rings.